The molecule has 0 atom stereocenters. The molecule has 2 aromatic carbocycles. The number of Topliss-reactive ketones (excluding diaryl/α,β-unsaturated/α-hetero) is 1. The van der Waals surface area contributed by atoms with Crippen molar-refractivity contribution in [1.82, 2.24) is 0 Å². The molecule has 0 aliphatic heterocycles. The van der Waals surface area contributed by atoms with Crippen LogP contribution in [0.3, 0.4) is 0 Å². The Kier molecular flexibility index (Phi) is 7.24. The molecule has 168 valence electrons. The van der Waals surface area contributed by atoms with Gasteiger partial charge in [-0.15, -0.1) is 0 Å². The summed E-state index contributed by atoms with van der Waals surface area (Å²) in [5, 5.41) is 0. The SMILES string of the molecule is CCN(/C=C(/C(=O)C(F)(F)C(F)(F)C(F)(F)C(C)C)c1ccccc1)c1ccccc1. The summed E-state index contributed by atoms with van der Waals surface area (Å²) in [6, 6.07) is 15.3. The number of hydrogen-bond acceptors (Lipinski definition) is 2. The smallest absolute Gasteiger partial charge is 0.348 e. The highest BCUT2D eigenvalue weighted by Gasteiger charge is 2.75. The van der Waals surface area contributed by atoms with E-state index in [1.165, 1.54) is 29.2 Å². The molecule has 0 N–H and O–H groups in total. The second-order valence-electron chi connectivity index (χ2n) is 7.29. The number of allylic oxidation sites excluding steroid dienone is 1. The van der Waals surface area contributed by atoms with Crippen LogP contribution in [0.2, 0.25) is 0 Å². The van der Waals surface area contributed by atoms with Gasteiger partial charge in [0.15, 0.2) is 0 Å². The summed E-state index contributed by atoms with van der Waals surface area (Å²) >= 11 is 0. The average molecular weight is 443 g/mol. The maximum absolute atomic E-state index is 14.7. The van der Waals surface area contributed by atoms with E-state index in [1.54, 1.807) is 43.3 Å². The maximum atomic E-state index is 14.7. The van der Waals surface area contributed by atoms with Gasteiger partial charge in [-0.05, 0) is 24.6 Å². The highest BCUT2D eigenvalue weighted by atomic mass is 19.3. The molecule has 0 aliphatic rings. The quantitative estimate of drug-likeness (QED) is 0.318. The molecule has 0 bridgehead atoms. The van der Waals surface area contributed by atoms with Gasteiger partial charge >= 0.3 is 17.8 Å². The Labute approximate surface area is 177 Å². The lowest BCUT2D eigenvalue weighted by Gasteiger charge is -2.34. The van der Waals surface area contributed by atoms with E-state index < -0.39 is 35.0 Å². The molecular formula is C23H23F6NO. The van der Waals surface area contributed by atoms with Gasteiger partial charge in [0.25, 0.3) is 0 Å². The molecule has 0 aliphatic carbocycles. The van der Waals surface area contributed by atoms with Crippen LogP contribution in [0.1, 0.15) is 26.3 Å². The molecule has 0 fully saturated rings. The first-order valence-electron chi connectivity index (χ1n) is 9.65. The Balaban J connectivity index is 2.63. The predicted molar refractivity (Wildman–Crippen MR) is 109 cm³/mol. The van der Waals surface area contributed by atoms with Crippen molar-refractivity contribution in [1.29, 1.82) is 0 Å². The minimum atomic E-state index is -5.89. The minimum Gasteiger partial charge on any atom is -0.348 e. The third-order valence-corrected chi connectivity index (χ3v) is 4.87. The molecule has 2 nitrogen and oxygen atoms in total. The summed E-state index contributed by atoms with van der Waals surface area (Å²) < 4.78 is 86.1. The summed E-state index contributed by atoms with van der Waals surface area (Å²) in [6.45, 7) is 3.25. The van der Waals surface area contributed by atoms with Gasteiger partial charge in [-0.1, -0.05) is 62.4 Å². The van der Waals surface area contributed by atoms with Crippen LogP contribution in [-0.2, 0) is 4.79 Å². The lowest BCUT2D eigenvalue weighted by Crippen LogP contribution is -2.60. The zero-order valence-electron chi connectivity index (χ0n) is 17.3. The second-order valence-corrected chi connectivity index (χ2v) is 7.29. The van der Waals surface area contributed by atoms with Crippen molar-refractivity contribution in [3.63, 3.8) is 0 Å². The number of ketones is 1. The maximum Gasteiger partial charge on any atom is 0.379 e. The van der Waals surface area contributed by atoms with E-state index in [1.807, 2.05) is 0 Å². The number of hydrogen-bond donors (Lipinski definition) is 0. The number of benzene rings is 2. The molecule has 0 aromatic heterocycles. The van der Waals surface area contributed by atoms with E-state index in [0.29, 0.717) is 19.5 Å². The van der Waals surface area contributed by atoms with Gasteiger partial charge in [-0.3, -0.25) is 4.79 Å². The molecule has 2 aromatic rings. The van der Waals surface area contributed by atoms with E-state index in [-0.39, 0.29) is 12.1 Å². The Bertz CT molecular complexity index is 910. The number of rotatable bonds is 9. The Morgan fingerprint density at radius 2 is 1.39 bits per heavy atom. The summed E-state index contributed by atoms with van der Waals surface area (Å²) in [6.07, 6.45) is 0.991. The fraction of sp³-hybridized carbons (Fsp3) is 0.348. The number of para-hydroxylation sites is 1. The van der Waals surface area contributed by atoms with Gasteiger partial charge < -0.3 is 4.90 Å². The van der Waals surface area contributed by atoms with Gasteiger partial charge in [0.1, 0.15) is 0 Å². The second kappa shape index (κ2) is 9.16. The van der Waals surface area contributed by atoms with E-state index >= 15 is 0 Å². The molecule has 0 saturated carbocycles. The Morgan fingerprint density at radius 1 is 0.903 bits per heavy atom. The van der Waals surface area contributed by atoms with Gasteiger partial charge in [-0.25, -0.2) is 0 Å². The van der Waals surface area contributed by atoms with Gasteiger partial charge in [0.2, 0.25) is 5.78 Å². The molecular weight excluding hydrogens is 420 g/mol. The molecule has 0 saturated heterocycles. The van der Waals surface area contributed by atoms with Crippen LogP contribution in [0.4, 0.5) is 32.0 Å². The monoisotopic (exact) mass is 443 g/mol. The van der Waals surface area contributed by atoms with E-state index in [4.69, 9.17) is 0 Å². The predicted octanol–water partition coefficient (Wildman–Crippen LogP) is 6.69. The van der Waals surface area contributed by atoms with E-state index in [0.717, 1.165) is 6.20 Å². The number of alkyl halides is 6. The van der Waals surface area contributed by atoms with Gasteiger partial charge in [0, 0.05) is 29.9 Å². The summed E-state index contributed by atoms with van der Waals surface area (Å²) in [5.74, 6) is -21.1. The first-order chi connectivity index (χ1) is 14.4. The normalized spacial score (nSPS) is 13.4. The lowest BCUT2D eigenvalue weighted by molar-refractivity contribution is -0.307. The van der Waals surface area contributed by atoms with Crippen molar-refractivity contribution in [2.45, 2.75) is 38.5 Å². The third-order valence-electron chi connectivity index (χ3n) is 4.87. The molecule has 0 spiro atoms. The zero-order chi connectivity index (χ0) is 23.4. The highest BCUT2D eigenvalue weighted by molar-refractivity contribution is 6.24. The lowest BCUT2D eigenvalue weighted by atomic mass is 9.88. The van der Waals surface area contributed by atoms with Crippen molar-refractivity contribution >= 4 is 17.0 Å². The summed E-state index contributed by atoms with van der Waals surface area (Å²) in [7, 11) is 0. The summed E-state index contributed by atoms with van der Waals surface area (Å²) in [4.78, 5) is 14.1. The molecule has 8 heteroatoms. The zero-order valence-corrected chi connectivity index (χ0v) is 17.3. The molecule has 0 unspecified atom stereocenters. The van der Waals surface area contributed by atoms with Crippen LogP contribution < -0.4 is 4.90 Å². The minimum absolute atomic E-state index is 0.0924. The van der Waals surface area contributed by atoms with E-state index in [2.05, 4.69) is 0 Å². The van der Waals surface area contributed by atoms with Gasteiger partial charge in [0.05, 0.1) is 0 Å². The fourth-order valence-electron chi connectivity index (χ4n) is 2.89. The molecule has 0 amide bonds. The number of carbonyl (C=O) groups is 1. The fourth-order valence-corrected chi connectivity index (χ4v) is 2.89. The van der Waals surface area contributed by atoms with Crippen LogP contribution in [-0.4, -0.2) is 30.1 Å². The third kappa shape index (κ3) is 4.62. The van der Waals surface area contributed by atoms with Gasteiger partial charge in [-0.2, -0.15) is 26.3 Å². The molecule has 2 rings (SSSR count). The van der Waals surface area contributed by atoms with Crippen molar-refractivity contribution in [2.24, 2.45) is 5.92 Å². The first-order valence-corrected chi connectivity index (χ1v) is 9.65. The number of carbonyl (C=O) groups excluding carboxylic acids is 1. The largest absolute Gasteiger partial charge is 0.379 e. The van der Waals surface area contributed by atoms with Crippen molar-refractivity contribution in [3.05, 3.63) is 72.4 Å². The van der Waals surface area contributed by atoms with Crippen molar-refractivity contribution in [3.8, 4) is 0 Å². The summed E-state index contributed by atoms with van der Waals surface area (Å²) in [5.41, 5.74) is -0.380. The van der Waals surface area contributed by atoms with Crippen molar-refractivity contribution < 1.29 is 31.1 Å². The number of nitrogens with zero attached hydrogens (tertiary/aromatic N) is 1. The number of halogens is 6. The van der Waals surface area contributed by atoms with Crippen LogP contribution in [0.25, 0.3) is 5.57 Å². The molecule has 0 radical (unpaired) electrons. The van der Waals surface area contributed by atoms with Crippen molar-refractivity contribution in [2.75, 3.05) is 11.4 Å². The Morgan fingerprint density at radius 3 is 1.84 bits per heavy atom. The molecule has 0 heterocycles. The molecule has 31 heavy (non-hydrogen) atoms. The van der Waals surface area contributed by atoms with E-state index in [9.17, 15) is 31.1 Å². The van der Waals surface area contributed by atoms with Crippen LogP contribution in [0.15, 0.2) is 66.9 Å². The first kappa shape index (κ1) is 24.5. The average Bonchev–Trinajstić information content (AvgIpc) is 2.75. The standard InChI is InChI=1S/C23H23F6NO/c1-4-30(18-13-9-6-10-14-18)15-19(17-11-7-5-8-12-17)20(31)22(26,27)23(28,29)21(24,25)16(2)3/h5-16H,4H2,1-3H3/b19-15+. The Hall–Kier alpha value is -2.77. The van der Waals surface area contributed by atoms with Crippen LogP contribution in [0.5, 0.6) is 0 Å². The topological polar surface area (TPSA) is 20.3 Å². The highest BCUT2D eigenvalue weighted by Crippen LogP contribution is 2.50. The van der Waals surface area contributed by atoms with Crippen LogP contribution >= 0.6 is 0 Å². The number of anilines is 1. The van der Waals surface area contributed by atoms with Crippen LogP contribution in [0, 0.1) is 5.92 Å².